The third-order valence-electron chi connectivity index (χ3n) is 3.21. The molecule has 14 heavy (non-hydrogen) atoms. The quantitative estimate of drug-likeness (QED) is 0.637. The smallest absolute Gasteiger partial charge is 0.164 e. The Bertz CT molecular complexity index is 237. The summed E-state index contributed by atoms with van der Waals surface area (Å²) in [7, 11) is 0. The highest BCUT2D eigenvalue weighted by Crippen LogP contribution is 2.46. The average molecular weight is 198 g/mol. The number of carbonyl (C=O) groups excluding carboxylic acids is 1. The van der Waals surface area contributed by atoms with Crippen LogP contribution in [0.2, 0.25) is 0 Å². The lowest BCUT2D eigenvalue weighted by atomic mass is 9.80. The summed E-state index contributed by atoms with van der Waals surface area (Å²) in [6.07, 6.45) is 5.87. The number of fused-ring (bicyclic) bond motifs is 1. The van der Waals surface area contributed by atoms with Gasteiger partial charge in [0, 0.05) is 6.42 Å². The van der Waals surface area contributed by atoms with Gasteiger partial charge in [0.05, 0.1) is 6.10 Å². The molecule has 2 rings (SSSR count). The van der Waals surface area contributed by atoms with Crippen LogP contribution in [0.1, 0.15) is 46.0 Å². The fourth-order valence-corrected chi connectivity index (χ4v) is 2.73. The molecule has 1 heterocycles. The molecular weight excluding hydrogens is 180 g/mol. The predicted molar refractivity (Wildman–Crippen MR) is 51.9 cm³/mol. The van der Waals surface area contributed by atoms with Crippen LogP contribution < -0.4 is 0 Å². The summed E-state index contributed by atoms with van der Waals surface area (Å²) in [6, 6.07) is 0. The van der Waals surface area contributed by atoms with E-state index in [1.54, 1.807) is 0 Å². The van der Waals surface area contributed by atoms with Crippen LogP contribution >= 0.6 is 0 Å². The van der Waals surface area contributed by atoms with Crippen LogP contribution in [-0.2, 0) is 14.3 Å². The molecule has 1 saturated carbocycles. The van der Waals surface area contributed by atoms with Gasteiger partial charge in [-0.3, -0.25) is 0 Å². The second-order valence-corrected chi connectivity index (χ2v) is 4.79. The first-order chi connectivity index (χ1) is 6.58. The van der Waals surface area contributed by atoms with E-state index in [1.165, 1.54) is 6.42 Å². The highest BCUT2D eigenvalue weighted by molar-refractivity contribution is 5.52. The molecule has 2 fully saturated rings. The minimum absolute atomic E-state index is 0.122. The number of ether oxygens (including phenoxy) is 2. The Labute approximate surface area is 84.8 Å². The summed E-state index contributed by atoms with van der Waals surface area (Å²) in [5, 5.41) is 0. The van der Waals surface area contributed by atoms with E-state index in [0.29, 0.717) is 6.42 Å². The molecule has 0 spiro atoms. The van der Waals surface area contributed by atoms with Gasteiger partial charge in [0.25, 0.3) is 0 Å². The second kappa shape index (κ2) is 3.31. The van der Waals surface area contributed by atoms with Crippen LogP contribution in [0.4, 0.5) is 0 Å². The van der Waals surface area contributed by atoms with Gasteiger partial charge in [0.2, 0.25) is 0 Å². The summed E-state index contributed by atoms with van der Waals surface area (Å²) in [4.78, 5) is 10.7. The standard InChI is InChI=1S/C11H18O3/c1-10(2)13-9-5-3-4-6-11(9,14-10)7-8-12/h8-9H,3-7H2,1-2H3/t9-,11-/m1/s1. The molecular formula is C11H18O3. The average Bonchev–Trinajstić information content (AvgIpc) is 2.35. The first-order valence-corrected chi connectivity index (χ1v) is 5.40. The normalized spacial score (nSPS) is 40.6. The lowest BCUT2D eigenvalue weighted by molar-refractivity contribution is -0.165. The number of hydrogen-bond acceptors (Lipinski definition) is 3. The summed E-state index contributed by atoms with van der Waals surface area (Å²) >= 11 is 0. The van der Waals surface area contributed by atoms with Crippen LogP contribution in [0.25, 0.3) is 0 Å². The van der Waals surface area contributed by atoms with Gasteiger partial charge in [-0.1, -0.05) is 12.8 Å². The third kappa shape index (κ3) is 1.59. The van der Waals surface area contributed by atoms with E-state index in [9.17, 15) is 4.79 Å². The van der Waals surface area contributed by atoms with Crippen LogP contribution in [0.15, 0.2) is 0 Å². The zero-order valence-electron chi connectivity index (χ0n) is 8.91. The Kier molecular flexibility index (Phi) is 2.40. The van der Waals surface area contributed by atoms with Gasteiger partial charge in [-0.25, -0.2) is 0 Å². The fraction of sp³-hybridized carbons (Fsp3) is 0.909. The Morgan fingerprint density at radius 2 is 2.21 bits per heavy atom. The maximum Gasteiger partial charge on any atom is 0.164 e. The topological polar surface area (TPSA) is 35.5 Å². The Morgan fingerprint density at radius 3 is 2.93 bits per heavy atom. The van der Waals surface area contributed by atoms with Crippen LogP contribution in [-0.4, -0.2) is 23.8 Å². The van der Waals surface area contributed by atoms with Gasteiger partial charge in [0.15, 0.2) is 5.79 Å². The van der Waals surface area contributed by atoms with Crippen molar-refractivity contribution in [2.45, 2.75) is 63.4 Å². The first kappa shape index (κ1) is 10.1. The van der Waals surface area contributed by atoms with E-state index >= 15 is 0 Å². The molecule has 0 aromatic rings. The van der Waals surface area contributed by atoms with Crippen molar-refractivity contribution in [3.63, 3.8) is 0 Å². The minimum Gasteiger partial charge on any atom is -0.344 e. The van der Waals surface area contributed by atoms with E-state index in [-0.39, 0.29) is 11.7 Å². The molecule has 2 aliphatic rings. The Balaban J connectivity index is 2.20. The van der Waals surface area contributed by atoms with E-state index in [0.717, 1.165) is 25.5 Å². The molecule has 1 saturated heterocycles. The van der Waals surface area contributed by atoms with Crippen LogP contribution in [0.5, 0.6) is 0 Å². The van der Waals surface area contributed by atoms with E-state index in [4.69, 9.17) is 9.47 Å². The van der Waals surface area contributed by atoms with E-state index < -0.39 is 5.79 Å². The van der Waals surface area contributed by atoms with Gasteiger partial charge >= 0.3 is 0 Å². The molecule has 2 atom stereocenters. The molecule has 1 aliphatic carbocycles. The molecule has 0 aromatic carbocycles. The van der Waals surface area contributed by atoms with Crippen LogP contribution in [0, 0.1) is 0 Å². The van der Waals surface area contributed by atoms with Crippen molar-refractivity contribution in [1.82, 2.24) is 0 Å². The molecule has 0 aromatic heterocycles. The highest BCUT2D eigenvalue weighted by atomic mass is 16.8. The highest BCUT2D eigenvalue weighted by Gasteiger charge is 2.53. The van der Waals surface area contributed by atoms with Crippen molar-refractivity contribution < 1.29 is 14.3 Å². The van der Waals surface area contributed by atoms with E-state index in [1.807, 2.05) is 13.8 Å². The largest absolute Gasteiger partial charge is 0.344 e. The van der Waals surface area contributed by atoms with Gasteiger partial charge in [0.1, 0.15) is 11.9 Å². The third-order valence-corrected chi connectivity index (χ3v) is 3.21. The summed E-state index contributed by atoms with van der Waals surface area (Å²) in [6.45, 7) is 3.86. The molecule has 0 unspecified atom stereocenters. The number of aldehydes is 1. The molecule has 0 radical (unpaired) electrons. The monoisotopic (exact) mass is 198 g/mol. The van der Waals surface area contributed by atoms with Gasteiger partial charge < -0.3 is 14.3 Å². The van der Waals surface area contributed by atoms with Crippen molar-refractivity contribution >= 4 is 6.29 Å². The molecule has 0 N–H and O–H groups in total. The zero-order chi connectivity index (χ0) is 10.2. The maximum atomic E-state index is 10.7. The molecule has 80 valence electrons. The number of carbonyl (C=O) groups is 1. The lowest BCUT2D eigenvalue weighted by Gasteiger charge is -2.35. The van der Waals surface area contributed by atoms with E-state index in [2.05, 4.69) is 0 Å². The van der Waals surface area contributed by atoms with Crippen molar-refractivity contribution in [3.8, 4) is 0 Å². The van der Waals surface area contributed by atoms with Crippen molar-refractivity contribution in [2.24, 2.45) is 0 Å². The second-order valence-electron chi connectivity index (χ2n) is 4.79. The Hall–Kier alpha value is -0.410. The number of rotatable bonds is 2. The van der Waals surface area contributed by atoms with Crippen LogP contribution in [0.3, 0.4) is 0 Å². The minimum atomic E-state index is -0.516. The first-order valence-electron chi connectivity index (χ1n) is 5.40. The maximum absolute atomic E-state index is 10.7. The summed E-state index contributed by atoms with van der Waals surface area (Å²) in [5.74, 6) is -0.516. The summed E-state index contributed by atoms with van der Waals surface area (Å²) in [5.41, 5.74) is -0.316. The van der Waals surface area contributed by atoms with Gasteiger partial charge in [-0.15, -0.1) is 0 Å². The van der Waals surface area contributed by atoms with Gasteiger partial charge in [-0.2, -0.15) is 0 Å². The summed E-state index contributed by atoms with van der Waals surface area (Å²) < 4.78 is 11.8. The molecule has 3 heteroatoms. The van der Waals surface area contributed by atoms with Crippen molar-refractivity contribution in [3.05, 3.63) is 0 Å². The lowest BCUT2D eigenvalue weighted by Crippen LogP contribution is -2.43. The van der Waals surface area contributed by atoms with Crippen molar-refractivity contribution in [2.75, 3.05) is 0 Å². The van der Waals surface area contributed by atoms with Gasteiger partial charge in [-0.05, 0) is 26.7 Å². The zero-order valence-corrected chi connectivity index (χ0v) is 8.91. The predicted octanol–water partition coefficient (Wildman–Crippen LogP) is 2.04. The fourth-order valence-electron chi connectivity index (χ4n) is 2.73. The molecule has 3 nitrogen and oxygen atoms in total. The van der Waals surface area contributed by atoms with Crippen molar-refractivity contribution in [1.29, 1.82) is 0 Å². The molecule has 0 amide bonds. The number of hydrogen-bond donors (Lipinski definition) is 0. The molecule has 0 bridgehead atoms. The Morgan fingerprint density at radius 1 is 1.43 bits per heavy atom. The SMILES string of the molecule is CC1(C)O[C@@H]2CCCC[C@]2(CC=O)O1. The molecule has 1 aliphatic heterocycles.